The Labute approximate surface area is 138 Å². The van der Waals surface area contributed by atoms with Crippen molar-refractivity contribution in [3.8, 4) is 0 Å². The Morgan fingerprint density at radius 1 is 1.00 bits per heavy atom. The third-order valence-corrected chi connectivity index (χ3v) is 4.39. The van der Waals surface area contributed by atoms with Gasteiger partial charge in [0.25, 0.3) is 0 Å². The standard InChI is InChI=1S/C18H26N4O/c1-3-17-19-18(23-20-17)14-22-10-4-9-21(11-12-22)13-16-7-5-15(2)6-8-16/h5-8H,3-4,9-14H2,1-2H3. The molecule has 2 heterocycles. The minimum Gasteiger partial charge on any atom is -0.338 e. The Balaban J connectivity index is 1.51. The van der Waals surface area contributed by atoms with Crippen LogP contribution in [0.2, 0.25) is 0 Å². The fraction of sp³-hybridized carbons (Fsp3) is 0.556. The summed E-state index contributed by atoms with van der Waals surface area (Å²) in [6, 6.07) is 8.87. The van der Waals surface area contributed by atoms with Gasteiger partial charge in [-0.1, -0.05) is 41.9 Å². The monoisotopic (exact) mass is 314 g/mol. The van der Waals surface area contributed by atoms with Gasteiger partial charge in [-0.05, 0) is 32.0 Å². The molecule has 23 heavy (non-hydrogen) atoms. The Hall–Kier alpha value is -1.72. The number of hydrogen-bond acceptors (Lipinski definition) is 5. The van der Waals surface area contributed by atoms with Crippen LogP contribution >= 0.6 is 0 Å². The van der Waals surface area contributed by atoms with E-state index in [1.165, 1.54) is 17.5 Å². The topological polar surface area (TPSA) is 45.4 Å². The number of benzene rings is 1. The van der Waals surface area contributed by atoms with Crippen molar-refractivity contribution in [2.75, 3.05) is 26.2 Å². The summed E-state index contributed by atoms with van der Waals surface area (Å²) in [6.45, 7) is 10.4. The Bertz CT molecular complexity index is 608. The fourth-order valence-electron chi connectivity index (χ4n) is 2.98. The lowest BCUT2D eigenvalue weighted by Crippen LogP contribution is -2.30. The first-order valence-corrected chi connectivity index (χ1v) is 8.54. The maximum Gasteiger partial charge on any atom is 0.240 e. The first-order chi connectivity index (χ1) is 11.2. The summed E-state index contributed by atoms with van der Waals surface area (Å²) < 4.78 is 5.32. The van der Waals surface area contributed by atoms with Gasteiger partial charge in [0.2, 0.25) is 5.89 Å². The molecule has 0 amide bonds. The van der Waals surface area contributed by atoms with Gasteiger partial charge in [0, 0.05) is 26.1 Å². The highest BCUT2D eigenvalue weighted by molar-refractivity contribution is 5.21. The van der Waals surface area contributed by atoms with Crippen LogP contribution in [0.1, 0.15) is 36.2 Å². The molecule has 124 valence electrons. The number of aryl methyl sites for hydroxylation is 2. The summed E-state index contributed by atoms with van der Waals surface area (Å²) in [4.78, 5) is 9.37. The molecule has 1 saturated heterocycles. The molecule has 5 heteroatoms. The van der Waals surface area contributed by atoms with Crippen LogP contribution in [0.5, 0.6) is 0 Å². The van der Waals surface area contributed by atoms with Crippen molar-refractivity contribution in [1.82, 2.24) is 19.9 Å². The molecule has 0 N–H and O–H groups in total. The van der Waals surface area contributed by atoms with Crippen molar-refractivity contribution < 1.29 is 4.52 Å². The summed E-state index contributed by atoms with van der Waals surface area (Å²) in [5, 5.41) is 3.98. The van der Waals surface area contributed by atoms with Gasteiger partial charge in [0.05, 0.1) is 6.54 Å². The molecule has 0 bridgehead atoms. The molecule has 0 radical (unpaired) electrons. The van der Waals surface area contributed by atoms with E-state index in [-0.39, 0.29) is 0 Å². The van der Waals surface area contributed by atoms with E-state index in [9.17, 15) is 0 Å². The van der Waals surface area contributed by atoms with Crippen LogP contribution in [0.25, 0.3) is 0 Å². The van der Waals surface area contributed by atoms with Gasteiger partial charge in [0.15, 0.2) is 5.82 Å². The minimum atomic E-state index is 0.744. The second-order valence-corrected chi connectivity index (χ2v) is 6.35. The molecule has 2 aromatic rings. The Kier molecular flexibility index (Phi) is 5.41. The van der Waals surface area contributed by atoms with Crippen LogP contribution < -0.4 is 0 Å². The molecule has 0 saturated carbocycles. The third kappa shape index (κ3) is 4.62. The average molecular weight is 314 g/mol. The summed E-state index contributed by atoms with van der Waals surface area (Å²) in [6.07, 6.45) is 2.01. The van der Waals surface area contributed by atoms with E-state index in [4.69, 9.17) is 4.52 Å². The lowest BCUT2D eigenvalue weighted by atomic mass is 10.1. The Morgan fingerprint density at radius 2 is 1.70 bits per heavy atom. The number of nitrogens with zero attached hydrogens (tertiary/aromatic N) is 4. The first-order valence-electron chi connectivity index (χ1n) is 8.54. The van der Waals surface area contributed by atoms with Gasteiger partial charge in [-0.15, -0.1) is 0 Å². The second-order valence-electron chi connectivity index (χ2n) is 6.35. The maximum atomic E-state index is 5.32. The molecule has 1 aliphatic heterocycles. The van der Waals surface area contributed by atoms with Crippen LogP contribution in [0.3, 0.4) is 0 Å². The van der Waals surface area contributed by atoms with E-state index < -0.39 is 0 Å². The fourth-order valence-corrected chi connectivity index (χ4v) is 2.98. The van der Waals surface area contributed by atoms with Crippen LogP contribution in [0.15, 0.2) is 28.8 Å². The lowest BCUT2D eigenvalue weighted by molar-refractivity contribution is 0.222. The quantitative estimate of drug-likeness (QED) is 0.849. The minimum absolute atomic E-state index is 0.744. The first kappa shape index (κ1) is 16.1. The average Bonchev–Trinajstić information content (AvgIpc) is 2.90. The molecule has 1 fully saturated rings. The number of hydrogen-bond donors (Lipinski definition) is 0. The van der Waals surface area contributed by atoms with Gasteiger partial charge in [-0.3, -0.25) is 9.80 Å². The molecule has 1 aromatic heterocycles. The molecule has 3 rings (SSSR count). The smallest absolute Gasteiger partial charge is 0.240 e. The van der Waals surface area contributed by atoms with Gasteiger partial charge in [-0.2, -0.15) is 4.98 Å². The van der Waals surface area contributed by atoms with Crippen molar-refractivity contribution in [2.24, 2.45) is 0 Å². The molecule has 0 atom stereocenters. The van der Waals surface area contributed by atoms with E-state index in [0.717, 1.165) is 57.4 Å². The van der Waals surface area contributed by atoms with E-state index in [0.29, 0.717) is 0 Å². The van der Waals surface area contributed by atoms with Crippen LogP contribution in [-0.2, 0) is 19.5 Å². The van der Waals surface area contributed by atoms with E-state index >= 15 is 0 Å². The highest BCUT2D eigenvalue weighted by Gasteiger charge is 2.17. The summed E-state index contributed by atoms with van der Waals surface area (Å²) in [7, 11) is 0. The highest BCUT2D eigenvalue weighted by Crippen LogP contribution is 2.12. The summed E-state index contributed by atoms with van der Waals surface area (Å²) >= 11 is 0. The van der Waals surface area contributed by atoms with Gasteiger partial charge in [-0.25, -0.2) is 0 Å². The van der Waals surface area contributed by atoms with E-state index in [1.807, 2.05) is 6.92 Å². The molecule has 5 nitrogen and oxygen atoms in total. The van der Waals surface area contributed by atoms with Gasteiger partial charge < -0.3 is 4.52 Å². The zero-order chi connectivity index (χ0) is 16.1. The summed E-state index contributed by atoms with van der Waals surface area (Å²) in [5.41, 5.74) is 2.72. The summed E-state index contributed by atoms with van der Waals surface area (Å²) in [5.74, 6) is 1.55. The number of rotatable bonds is 5. The van der Waals surface area contributed by atoms with Gasteiger partial charge in [0.1, 0.15) is 0 Å². The van der Waals surface area contributed by atoms with Crippen molar-refractivity contribution >= 4 is 0 Å². The van der Waals surface area contributed by atoms with Crippen molar-refractivity contribution in [1.29, 1.82) is 0 Å². The van der Waals surface area contributed by atoms with Crippen LogP contribution in [0.4, 0.5) is 0 Å². The Morgan fingerprint density at radius 3 is 2.35 bits per heavy atom. The zero-order valence-electron chi connectivity index (χ0n) is 14.2. The van der Waals surface area contributed by atoms with Gasteiger partial charge >= 0.3 is 0 Å². The van der Waals surface area contributed by atoms with Crippen LogP contribution in [-0.4, -0.2) is 46.1 Å². The molecule has 1 aliphatic rings. The zero-order valence-corrected chi connectivity index (χ0v) is 14.2. The van der Waals surface area contributed by atoms with Crippen molar-refractivity contribution in [3.63, 3.8) is 0 Å². The largest absolute Gasteiger partial charge is 0.338 e. The third-order valence-electron chi connectivity index (χ3n) is 4.39. The van der Waals surface area contributed by atoms with Crippen molar-refractivity contribution in [3.05, 3.63) is 47.1 Å². The number of aromatic nitrogens is 2. The van der Waals surface area contributed by atoms with E-state index in [2.05, 4.69) is 51.1 Å². The molecule has 0 spiro atoms. The van der Waals surface area contributed by atoms with Crippen LogP contribution in [0, 0.1) is 6.92 Å². The molecule has 0 aliphatic carbocycles. The maximum absolute atomic E-state index is 5.32. The molecule has 1 aromatic carbocycles. The second kappa shape index (κ2) is 7.70. The SMILES string of the molecule is CCc1noc(CN2CCCN(Cc3ccc(C)cc3)CC2)n1. The molecule has 0 unspecified atom stereocenters. The predicted octanol–water partition coefficient (Wildman–Crippen LogP) is 2.65. The van der Waals surface area contributed by atoms with E-state index in [1.54, 1.807) is 0 Å². The molecular weight excluding hydrogens is 288 g/mol. The normalized spacial score (nSPS) is 17.3. The lowest BCUT2D eigenvalue weighted by Gasteiger charge is -2.21. The van der Waals surface area contributed by atoms with Crippen molar-refractivity contribution in [2.45, 2.75) is 39.8 Å². The molecular formula is C18H26N4O. The predicted molar refractivity (Wildman–Crippen MR) is 90.0 cm³/mol. The highest BCUT2D eigenvalue weighted by atomic mass is 16.5.